The number of halogens is 1. The number of hydrogen-bond acceptors (Lipinski definition) is 3. The van der Waals surface area contributed by atoms with Gasteiger partial charge in [-0.15, -0.1) is 0 Å². The molecule has 1 fully saturated rings. The van der Waals surface area contributed by atoms with Crippen molar-refractivity contribution in [3.05, 3.63) is 71.5 Å². The van der Waals surface area contributed by atoms with Gasteiger partial charge in [-0.1, -0.05) is 54.0 Å². The third-order valence-electron chi connectivity index (χ3n) is 5.23. The zero-order valence-corrected chi connectivity index (χ0v) is 16.7. The molecule has 28 heavy (non-hydrogen) atoms. The molecule has 2 aromatic rings. The predicted octanol–water partition coefficient (Wildman–Crippen LogP) is 5.45. The van der Waals surface area contributed by atoms with Crippen molar-refractivity contribution in [1.82, 2.24) is 4.90 Å². The molecule has 0 amide bonds. The first-order valence-electron chi connectivity index (χ1n) is 10.5. The highest BCUT2D eigenvalue weighted by Gasteiger charge is 2.09. The van der Waals surface area contributed by atoms with E-state index in [2.05, 4.69) is 34.3 Å². The van der Waals surface area contributed by atoms with E-state index in [1.54, 1.807) is 12.1 Å². The monoisotopic (exact) mass is 382 g/mol. The van der Waals surface area contributed by atoms with Gasteiger partial charge in [0.05, 0.1) is 5.71 Å². The van der Waals surface area contributed by atoms with E-state index in [0.717, 1.165) is 43.5 Å². The molecule has 0 aliphatic carbocycles. The lowest BCUT2D eigenvalue weighted by molar-refractivity contribution is 0.124. The van der Waals surface area contributed by atoms with E-state index in [1.165, 1.54) is 50.0 Å². The Balaban J connectivity index is 1.49. The molecule has 2 aromatic carbocycles. The minimum Gasteiger partial charge on any atom is -0.396 e. The zero-order chi connectivity index (χ0) is 19.4. The van der Waals surface area contributed by atoms with Gasteiger partial charge in [0.15, 0.2) is 0 Å². The summed E-state index contributed by atoms with van der Waals surface area (Å²) in [6, 6.07) is 17.0. The fourth-order valence-corrected chi connectivity index (χ4v) is 3.65. The van der Waals surface area contributed by atoms with Crippen molar-refractivity contribution in [2.75, 3.05) is 26.2 Å². The molecule has 1 saturated heterocycles. The van der Waals surface area contributed by atoms with E-state index in [0.29, 0.717) is 6.61 Å². The molecule has 0 radical (unpaired) electrons. The first-order chi connectivity index (χ1) is 13.8. The molecule has 0 unspecified atom stereocenters. The predicted molar refractivity (Wildman–Crippen MR) is 113 cm³/mol. The Morgan fingerprint density at radius 3 is 2.43 bits per heavy atom. The van der Waals surface area contributed by atoms with Gasteiger partial charge in [-0.05, 0) is 74.9 Å². The van der Waals surface area contributed by atoms with Crippen LogP contribution in [0.1, 0.15) is 49.7 Å². The third kappa shape index (κ3) is 7.08. The zero-order valence-electron chi connectivity index (χ0n) is 16.7. The standard InChI is InChI=1S/C24H31FN2O/c25-23-15-13-22(14-16-23)24(12-7-11-21-9-3-1-4-10-21)26-28-20-8-19-27-17-5-2-6-18-27/h1,3-4,9-10,13-16H,2,5-8,11-12,17-20H2/b26-24+. The average Bonchev–Trinajstić information content (AvgIpc) is 2.74. The Bertz CT molecular complexity index is 709. The van der Waals surface area contributed by atoms with Gasteiger partial charge < -0.3 is 9.74 Å². The Labute approximate surface area is 168 Å². The smallest absolute Gasteiger partial charge is 0.123 e. The van der Waals surface area contributed by atoms with Crippen LogP contribution in [0.2, 0.25) is 0 Å². The van der Waals surface area contributed by atoms with Crippen LogP contribution in [0.25, 0.3) is 0 Å². The van der Waals surface area contributed by atoms with Gasteiger partial charge in [-0.2, -0.15) is 0 Å². The summed E-state index contributed by atoms with van der Waals surface area (Å²) in [6.07, 6.45) is 7.77. The normalized spacial score (nSPS) is 15.5. The quantitative estimate of drug-likeness (QED) is 0.310. The molecule has 3 nitrogen and oxygen atoms in total. The van der Waals surface area contributed by atoms with E-state index in [-0.39, 0.29) is 5.82 Å². The van der Waals surface area contributed by atoms with Gasteiger partial charge in [0, 0.05) is 6.54 Å². The number of rotatable bonds is 10. The van der Waals surface area contributed by atoms with Crippen LogP contribution in [0.5, 0.6) is 0 Å². The second kappa shape index (κ2) is 11.6. The maximum atomic E-state index is 13.3. The molecule has 0 atom stereocenters. The van der Waals surface area contributed by atoms with Crippen LogP contribution in [0.3, 0.4) is 0 Å². The minimum atomic E-state index is -0.227. The van der Waals surface area contributed by atoms with Crippen LogP contribution < -0.4 is 0 Å². The van der Waals surface area contributed by atoms with Crippen LogP contribution >= 0.6 is 0 Å². The second-order valence-electron chi connectivity index (χ2n) is 7.47. The van der Waals surface area contributed by atoms with Gasteiger partial charge in [-0.3, -0.25) is 0 Å². The van der Waals surface area contributed by atoms with E-state index >= 15 is 0 Å². The van der Waals surface area contributed by atoms with E-state index in [4.69, 9.17) is 4.84 Å². The summed E-state index contributed by atoms with van der Waals surface area (Å²) in [5.74, 6) is -0.227. The molecule has 1 heterocycles. The van der Waals surface area contributed by atoms with Crippen LogP contribution in [0, 0.1) is 5.82 Å². The number of likely N-dealkylation sites (tertiary alicyclic amines) is 1. The summed E-state index contributed by atoms with van der Waals surface area (Å²) in [6.45, 7) is 4.13. The molecule has 0 spiro atoms. The Kier molecular flexibility index (Phi) is 8.51. The van der Waals surface area contributed by atoms with Crippen LogP contribution in [-0.4, -0.2) is 36.9 Å². The average molecular weight is 383 g/mol. The Morgan fingerprint density at radius 2 is 1.68 bits per heavy atom. The fraction of sp³-hybridized carbons (Fsp3) is 0.458. The lowest BCUT2D eigenvalue weighted by Gasteiger charge is -2.25. The largest absolute Gasteiger partial charge is 0.396 e. The van der Waals surface area contributed by atoms with Crippen molar-refractivity contribution in [2.24, 2.45) is 5.16 Å². The number of hydrogen-bond donors (Lipinski definition) is 0. The number of aryl methyl sites for hydroxylation is 1. The third-order valence-corrected chi connectivity index (χ3v) is 5.23. The van der Waals surface area contributed by atoms with Crippen LogP contribution in [0.15, 0.2) is 59.8 Å². The van der Waals surface area contributed by atoms with Gasteiger partial charge in [0.25, 0.3) is 0 Å². The summed E-state index contributed by atoms with van der Waals surface area (Å²) < 4.78 is 13.3. The molecule has 1 aliphatic rings. The van der Waals surface area contributed by atoms with Gasteiger partial charge >= 0.3 is 0 Å². The lowest BCUT2D eigenvalue weighted by atomic mass is 10.0. The highest BCUT2D eigenvalue weighted by atomic mass is 19.1. The summed E-state index contributed by atoms with van der Waals surface area (Å²) in [5, 5.41) is 4.41. The van der Waals surface area contributed by atoms with Crippen LogP contribution in [-0.2, 0) is 11.3 Å². The molecule has 0 saturated carbocycles. The maximum Gasteiger partial charge on any atom is 0.123 e. The molecule has 0 aromatic heterocycles. The Hall–Kier alpha value is -2.20. The summed E-state index contributed by atoms with van der Waals surface area (Å²) >= 11 is 0. The lowest BCUT2D eigenvalue weighted by Crippen LogP contribution is -2.31. The SMILES string of the molecule is Fc1ccc(/C(CCCc2ccccc2)=N/OCCCN2CCCCC2)cc1. The van der Waals surface area contributed by atoms with Crippen molar-refractivity contribution >= 4 is 5.71 Å². The van der Waals surface area contributed by atoms with Crippen molar-refractivity contribution in [2.45, 2.75) is 44.9 Å². The molecule has 150 valence electrons. The van der Waals surface area contributed by atoms with Crippen molar-refractivity contribution < 1.29 is 9.23 Å². The number of nitrogens with zero attached hydrogens (tertiary/aromatic N) is 2. The summed E-state index contributed by atoms with van der Waals surface area (Å²) in [5.41, 5.74) is 3.16. The number of benzene rings is 2. The van der Waals surface area contributed by atoms with Gasteiger partial charge in [-0.25, -0.2) is 4.39 Å². The molecule has 1 aliphatic heterocycles. The van der Waals surface area contributed by atoms with E-state index in [1.807, 2.05) is 6.07 Å². The maximum absolute atomic E-state index is 13.3. The molecule has 4 heteroatoms. The molecule has 0 bridgehead atoms. The minimum absolute atomic E-state index is 0.227. The van der Waals surface area contributed by atoms with Crippen molar-refractivity contribution in [1.29, 1.82) is 0 Å². The highest BCUT2D eigenvalue weighted by Crippen LogP contribution is 2.13. The summed E-state index contributed by atoms with van der Waals surface area (Å²) in [7, 11) is 0. The highest BCUT2D eigenvalue weighted by molar-refractivity contribution is 6.00. The van der Waals surface area contributed by atoms with E-state index in [9.17, 15) is 4.39 Å². The first-order valence-corrected chi connectivity index (χ1v) is 10.5. The Morgan fingerprint density at radius 1 is 0.929 bits per heavy atom. The number of oxime groups is 1. The summed E-state index contributed by atoms with van der Waals surface area (Å²) in [4.78, 5) is 8.15. The topological polar surface area (TPSA) is 24.8 Å². The van der Waals surface area contributed by atoms with Crippen molar-refractivity contribution in [3.63, 3.8) is 0 Å². The molecular weight excluding hydrogens is 351 g/mol. The fourth-order valence-electron chi connectivity index (χ4n) is 3.65. The van der Waals surface area contributed by atoms with Crippen LogP contribution in [0.4, 0.5) is 4.39 Å². The van der Waals surface area contributed by atoms with Gasteiger partial charge in [0.2, 0.25) is 0 Å². The molecular formula is C24H31FN2O. The molecule has 0 N–H and O–H groups in total. The van der Waals surface area contributed by atoms with Crippen molar-refractivity contribution in [3.8, 4) is 0 Å². The first kappa shape index (κ1) is 20.5. The van der Waals surface area contributed by atoms with Gasteiger partial charge in [0.1, 0.15) is 12.4 Å². The molecule has 3 rings (SSSR count). The van der Waals surface area contributed by atoms with E-state index < -0.39 is 0 Å². The number of piperidine rings is 1. The second-order valence-corrected chi connectivity index (χ2v) is 7.47.